The number of halogens is 3. The molecule has 0 bridgehead atoms. The number of allylic oxidation sites excluding steroid dienone is 1. The zero-order chi connectivity index (χ0) is 18.0. The van der Waals surface area contributed by atoms with Gasteiger partial charge in [0.15, 0.2) is 5.78 Å². The Balaban J connectivity index is 1.77. The molecule has 25 heavy (non-hydrogen) atoms. The molecule has 0 aliphatic carbocycles. The van der Waals surface area contributed by atoms with E-state index in [0.29, 0.717) is 17.9 Å². The van der Waals surface area contributed by atoms with Crippen LogP contribution in [0.5, 0.6) is 0 Å². The van der Waals surface area contributed by atoms with E-state index in [1.165, 1.54) is 23.9 Å². The van der Waals surface area contributed by atoms with E-state index in [-0.39, 0.29) is 22.2 Å². The second-order valence-corrected chi connectivity index (χ2v) is 7.06. The summed E-state index contributed by atoms with van der Waals surface area (Å²) in [5.41, 5.74) is 6.72. The van der Waals surface area contributed by atoms with Gasteiger partial charge in [0.25, 0.3) is 0 Å². The minimum absolute atomic E-state index is 0.197. The number of rotatable bonds is 4. The fourth-order valence-corrected chi connectivity index (χ4v) is 3.92. The zero-order valence-corrected chi connectivity index (χ0v) is 14.0. The molecule has 2 aromatic rings. The highest BCUT2D eigenvalue weighted by Gasteiger charge is 2.35. The van der Waals surface area contributed by atoms with Crippen molar-refractivity contribution in [1.82, 2.24) is 0 Å². The summed E-state index contributed by atoms with van der Waals surface area (Å²) >= 11 is 1.24. The molecule has 3 rings (SSSR count). The largest absolute Gasteiger partial charge is 0.416 e. The van der Waals surface area contributed by atoms with Gasteiger partial charge in [-0.15, -0.1) is 0 Å². The van der Waals surface area contributed by atoms with Gasteiger partial charge < -0.3 is 5.73 Å². The molecule has 1 heterocycles. The number of hydrogen-bond acceptors (Lipinski definition) is 3. The van der Waals surface area contributed by atoms with Gasteiger partial charge in [0.2, 0.25) is 0 Å². The van der Waals surface area contributed by atoms with E-state index >= 15 is 0 Å². The Labute approximate surface area is 147 Å². The highest BCUT2D eigenvalue weighted by Crippen LogP contribution is 2.40. The molecule has 0 radical (unpaired) electrons. The van der Waals surface area contributed by atoms with Gasteiger partial charge in [-0.05, 0) is 36.1 Å². The maximum Gasteiger partial charge on any atom is 0.416 e. The van der Waals surface area contributed by atoms with Crippen LogP contribution in [-0.2, 0) is 17.4 Å². The zero-order valence-electron chi connectivity index (χ0n) is 13.2. The minimum Gasteiger partial charge on any atom is -0.393 e. The maximum absolute atomic E-state index is 12.9. The molecule has 1 atom stereocenters. The summed E-state index contributed by atoms with van der Waals surface area (Å²) in [5.74, 6) is -0.197. The summed E-state index contributed by atoms with van der Waals surface area (Å²) in [6.07, 6.45) is -3.14. The number of carbonyl (C=O) groups is 1. The van der Waals surface area contributed by atoms with E-state index in [9.17, 15) is 18.0 Å². The minimum atomic E-state index is -4.45. The molecule has 0 aromatic heterocycles. The number of thioether (sulfide) groups is 1. The molecular formula is C19H16F3NOS. The highest BCUT2D eigenvalue weighted by molar-refractivity contribution is 8.05. The van der Waals surface area contributed by atoms with Crippen LogP contribution in [0.4, 0.5) is 13.2 Å². The van der Waals surface area contributed by atoms with Crippen molar-refractivity contribution in [2.24, 2.45) is 5.73 Å². The molecule has 130 valence electrons. The van der Waals surface area contributed by atoms with Crippen LogP contribution >= 0.6 is 11.8 Å². The lowest BCUT2D eigenvalue weighted by atomic mass is 9.96. The molecular weight excluding hydrogens is 347 g/mol. The summed E-state index contributed by atoms with van der Waals surface area (Å²) in [7, 11) is 0. The van der Waals surface area contributed by atoms with Gasteiger partial charge in [-0.1, -0.05) is 54.2 Å². The number of ketones is 1. The molecule has 0 amide bonds. The lowest BCUT2D eigenvalue weighted by Gasteiger charge is -2.10. The molecule has 6 heteroatoms. The van der Waals surface area contributed by atoms with E-state index in [2.05, 4.69) is 0 Å². The van der Waals surface area contributed by atoms with Crippen molar-refractivity contribution in [2.75, 3.05) is 0 Å². The summed E-state index contributed by atoms with van der Waals surface area (Å²) in [6.45, 7) is 0. The highest BCUT2D eigenvalue weighted by atomic mass is 32.2. The number of benzene rings is 2. The van der Waals surface area contributed by atoms with Gasteiger partial charge in [-0.2, -0.15) is 13.2 Å². The third-order valence-electron chi connectivity index (χ3n) is 4.07. The monoisotopic (exact) mass is 363 g/mol. The first-order chi connectivity index (χ1) is 11.9. The van der Waals surface area contributed by atoms with E-state index < -0.39 is 11.7 Å². The molecule has 0 saturated carbocycles. The van der Waals surface area contributed by atoms with Crippen LogP contribution in [0.25, 0.3) is 5.57 Å². The van der Waals surface area contributed by atoms with Gasteiger partial charge >= 0.3 is 6.18 Å². The SMILES string of the molecule is NC1=C(c2cccc(C(F)(F)F)c2)C(=O)C(CCc2ccccc2)S1. The second kappa shape index (κ2) is 6.96. The number of hydrogen-bond donors (Lipinski definition) is 1. The third-order valence-corrected chi connectivity index (χ3v) is 5.26. The van der Waals surface area contributed by atoms with Crippen molar-refractivity contribution in [3.63, 3.8) is 0 Å². The predicted molar refractivity (Wildman–Crippen MR) is 93.7 cm³/mol. The maximum atomic E-state index is 12.9. The first kappa shape index (κ1) is 17.6. The molecule has 0 spiro atoms. The van der Waals surface area contributed by atoms with Crippen molar-refractivity contribution in [2.45, 2.75) is 24.3 Å². The van der Waals surface area contributed by atoms with Crippen LogP contribution in [0.3, 0.4) is 0 Å². The van der Waals surface area contributed by atoms with Crippen molar-refractivity contribution in [3.8, 4) is 0 Å². The lowest BCUT2D eigenvalue weighted by molar-refractivity contribution is -0.137. The molecule has 2 nitrogen and oxygen atoms in total. The van der Waals surface area contributed by atoms with Crippen LogP contribution < -0.4 is 5.73 Å². The number of alkyl halides is 3. The first-order valence-electron chi connectivity index (χ1n) is 7.78. The molecule has 0 fully saturated rings. The van der Waals surface area contributed by atoms with Crippen molar-refractivity contribution in [3.05, 3.63) is 76.3 Å². The van der Waals surface area contributed by atoms with Crippen molar-refractivity contribution >= 4 is 23.1 Å². The van der Waals surface area contributed by atoms with Crippen LogP contribution in [-0.4, -0.2) is 11.0 Å². The van der Waals surface area contributed by atoms with Crippen molar-refractivity contribution in [1.29, 1.82) is 0 Å². The van der Waals surface area contributed by atoms with Gasteiger partial charge in [0, 0.05) is 0 Å². The number of nitrogens with two attached hydrogens (primary N) is 1. The Kier molecular flexibility index (Phi) is 4.90. The Morgan fingerprint density at radius 3 is 2.44 bits per heavy atom. The standard InChI is InChI=1S/C19H16F3NOS/c20-19(21,22)14-8-4-7-13(11-14)16-17(24)15(25-18(16)23)10-9-12-5-2-1-3-6-12/h1-8,11,15H,9-10,23H2. The van der Waals surface area contributed by atoms with Gasteiger partial charge in [0.1, 0.15) is 0 Å². The molecule has 2 aromatic carbocycles. The lowest BCUT2D eigenvalue weighted by Crippen LogP contribution is -2.15. The van der Waals surface area contributed by atoms with Gasteiger partial charge in [-0.3, -0.25) is 4.79 Å². The average molecular weight is 363 g/mol. The fourth-order valence-electron chi connectivity index (χ4n) is 2.82. The molecule has 2 N–H and O–H groups in total. The number of aryl methyl sites for hydroxylation is 1. The van der Waals surface area contributed by atoms with Gasteiger partial charge in [0.05, 0.1) is 21.4 Å². The molecule has 1 unspecified atom stereocenters. The fraction of sp³-hybridized carbons (Fsp3) is 0.211. The Bertz CT molecular complexity index is 815. The summed E-state index contributed by atoms with van der Waals surface area (Å²) in [5, 5.41) is -0.0628. The smallest absolute Gasteiger partial charge is 0.393 e. The van der Waals surface area contributed by atoms with E-state index in [1.54, 1.807) is 0 Å². The topological polar surface area (TPSA) is 43.1 Å². The summed E-state index contributed by atoms with van der Waals surface area (Å²) in [4.78, 5) is 12.7. The van der Waals surface area contributed by atoms with E-state index in [0.717, 1.165) is 17.7 Å². The molecule has 1 aliphatic heterocycles. The van der Waals surface area contributed by atoms with Crippen LogP contribution in [0.1, 0.15) is 23.1 Å². The average Bonchev–Trinajstić information content (AvgIpc) is 2.87. The van der Waals surface area contributed by atoms with Crippen LogP contribution in [0, 0.1) is 0 Å². The predicted octanol–water partition coefficient (Wildman–Crippen LogP) is 4.65. The normalized spacial score (nSPS) is 18.0. The third kappa shape index (κ3) is 3.90. The second-order valence-electron chi connectivity index (χ2n) is 5.81. The van der Waals surface area contributed by atoms with E-state index in [4.69, 9.17) is 5.73 Å². The molecule has 1 aliphatic rings. The van der Waals surface area contributed by atoms with Crippen molar-refractivity contribution < 1.29 is 18.0 Å². The Hall–Kier alpha value is -2.21. The Morgan fingerprint density at radius 1 is 1.04 bits per heavy atom. The van der Waals surface area contributed by atoms with E-state index in [1.807, 2.05) is 30.3 Å². The Morgan fingerprint density at radius 2 is 1.76 bits per heavy atom. The summed E-state index contributed by atoms with van der Waals surface area (Å²) in [6, 6.07) is 14.5. The first-order valence-corrected chi connectivity index (χ1v) is 8.66. The van der Waals surface area contributed by atoms with Crippen LogP contribution in [0.15, 0.2) is 59.6 Å². The quantitative estimate of drug-likeness (QED) is 0.860. The molecule has 0 saturated heterocycles. The number of carbonyl (C=O) groups excluding carboxylic acids is 1. The number of Topliss-reactive ketones (excluding diaryl/α,β-unsaturated/α-hetero) is 1. The van der Waals surface area contributed by atoms with Crippen LogP contribution in [0.2, 0.25) is 0 Å². The van der Waals surface area contributed by atoms with Gasteiger partial charge in [-0.25, -0.2) is 0 Å². The summed E-state index contributed by atoms with van der Waals surface area (Å²) < 4.78 is 38.7.